The first-order chi connectivity index (χ1) is 14.0. The minimum Gasteiger partial charge on any atom is -0.311 e. The molecule has 0 aliphatic carbocycles. The van der Waals surface area contributed by atoms with Gasteiger partial charge in [0.15, 0.2) is 0 Å². The maximum absolute atomic E-state index is 12.5. The Labute approximate surface area is 167 Å². The maximum Gasteiger partial charge on any atom is 0.275 e. The number of fused-ring (bicyclic) bond motifs is 1. The number of aromatic amines is 1. The summed E-state index contributed by atoms with van der Waals surface area (Å²) in [5.74, 6) is 0.187. The van der Waals surface area contributed by atoms with Crippen molar-refractivity contribution in [1.29, 1.82) is 0 Å². The summed E-state index contributed by atoms with van der Waals surface area (Å²) in [7, 11) is -3.22. The second-order valence-corrected chi connectivity index (χ2v) is 8.98. The molecule has 3 heterocycles. The molecule has 0 bridgehead atoms. The third-order valence-electron chi connectivity index (χ3n) is 5.18. The van der Waals surface area contributed by atoms with E-state index in [0.29, 0.717) is 29.7 Å². The van der Waals surface area contributed by atoms with Crippen molar-refractivity contribution in [3.05, 3.63) is 77.5 Å². The van der Waals surface area contributed by atoms with Crippen molar-refractivity contribution in [2.75, 3.05) is 16.6 Å². The van der Waals surface area contributed by atoms with Crippen molar-refractivity contribution in [1.82, 2.24) is 14.5 Å². The number of anilines is 1. The Bertz CT molecular complexity index is 1360. The second kappa shape index (κ2) is 6.59. The molecule has 1 N–H and O–H groups in total. The van der Waals surface area contributed by atoms with Crippen LogP contribution in [0.4, 0.5) is 5.69 Å². The van der Waals surface area contributed by atoms with Gasteiger partial charge in [0, 0.05) is 24.0 Å². The molecule has 2 aromatic heterocycles. The fourth-order valence-electron chi connectivity index (χ4n) is 3.81. The first-order valence-electron chi connectivity index (χ1n) is 9.30. The van der Waals surface area contributed by atoms with Gasteiger partial charge in [-0.25, -0.2) is 13.4 Å². The van der Waals surface area contributed by atoms with Crippen LogP contribution in [0, 0.1) is 0 Å². The quantitative estimate of drug-likeness (QED) is 0.567. The van der Waals surface area contributed by atoms with Crippen LogP contribution in [0.3, 0.4) is 0 Å². The highest BCUT2D eigenvalue weighted by molar-refractivity contribution is 7.93. The lowest BCUT2D eigenvalue weighted by Gasteiger charge is -2.17. The van der Waals surface area contributed by atoms with Crippen LogP contribution in [0.1, 0.15) is 6.42 Å². The van der Waals surface area contributed by atoms with Crippen LogP contribution in [0.15, 0.2) is 71.9 Å². The lowest BCUT2D eigenvalue weighted by molar-refractivity contribution is 0.599. The number of H-pyrrole nitrogens is 1. The normalized spacial score (nSPS) is 15.8. The van der Waals surface area contributed by atoms with E-state index in [1.54, 1.807) is 12.1 Å². The monoisotopic (exact) mass is 406 g/mol. The lowest BCUT2D eigenvalue weighted by Crippen LogP contribution is -2.24. The molecule has 0 saturated carbocycles. The zero-order valence-corrected chi connectivity index (χ0v) is 16.3. The van der Waals surface area contributed by atoms with Crippen molar-refractivity contribution in [2.45, 2.75) is 6.42 Å². The fraction of sp³-hybridized carbons (Fsp3) is 0.143. The summed E-state index contributed by atoms with van der Waals surface area (Å²) in [6, 6.07) is 16.9. The van der Waals surface area contributed by atoms with Crippen molar-refractivity contribution in [3.8, 4) is 16.8 Å². The Hall–Kier alpha value is -3.39. The SMILES string of the molecule is O=c1[nH]cnc2c(-c3ccc(N4CCCS4(=O)=O)cc3)cn(-c3ccccc3)c12. The molecule has 4 aromatic rings. The molecule has 8 heteroatoms. The summed E-state index contributed by atoms with van der Waals surface area (Å²) < 4.78 is 27.6. The minimum atomic E-state index is -3.22. The molecular weight excluding hydrogens is 388 g/mol. The standard InChI is InChI=1S/C21H18N4O3S/c26-21-20-19(22-14-23-21)18(13-24(20)16-5-2-1-3-6-16)15-7-9-17(10-8-15)25-11-4-12-29(25,27)28/h1-3,5-10,13-14H,4,11-12H2,(H,22,23,26). The predicted molar refractivity (Wildman–Crippen MR) is 113 cm³/mol. The van der Waals surface area contributed by atoms with Crippen molar-refractivity contribution in [3.63, 3.8) is 0 Å². The van der Waals surface area contributed by atoms with Crippen LogP contribution in [0.25, 0.3) is 27.8 Å². The van der Waals surface area contributed by atoms with Crippen molar-refractivity contribution >= 4 is 26.7 Å². The van der Waals surface area contributed by atoms with Crippen molar-refractivity contribution < 1.29 is 8.42 Å². The van der Waals surface area contributed by atoms with Crippen LogP contribution < -0.4 is 9.86 Å². The van der Waals surface area contributed by atoms with Crippen LogP contribution in [0.5, 0.6) is 0 Å². The van der Waals surface area contributed by atoms with E-state index in [9.17, 15) is 13.2 Å². The lowest BCUT2D eigenvalue weighted by atomic mass is 10.1. The van der Waals surface area contributed by atoms with Crippen LogP contribution in [-0.4, -0.2) is 35.3 Å². The number of rotatable bonds is 3. The van der Waals surface area contributed by atoms with E-state index in [2.05, 4.69) is 9.97 Å². The largest absolute Gasteiger partial charge is 0.311 e. The maximum atomic E-state index is 12.5. The van der Waals surface area contributed by atoms with E-state index in [-0.39, 0.29) is 11.3 Å². The van der Waals surface area contributed by atoms with Crippen molar-refractivity contribution in [2.24, 2.45) is 0 Å². The molecule has 1 saturated heterocycles. The van der Waals surface area contributed by atoms with Crippen LogP contribution >= 0.6 is 0 Å². The first kappa shape index (κ1) is 17.7. The Morgan fingerprint density at radius 2 is 1.72 bits per heavy atom. The van der Waals surface area contributed by atoms with Crippen LogP contribution in [-0.2, 0) is 10.0 Å². The third-order valence-corrected chi connectivity index (χ3v) is 7.05. The molecule has 0 spiro atoms. The van der Waals surface area contributed by atoms with Gasteiger partial charge in [0.25, 0.3) is 5.56 Å². The van der Waals surface area contributed by atoms with Gasteiger partial charge in [0.2, 0.25) is 10.0 Å². The molecule has 2 aromatic carbocycles. The molecule has 0 unspecified atom stereocenters. The van der Waals surface area contributed by atoms with Gasteiger partial charge >= 0.3 is 0 Å². The number of sulfonamides is 1. The van der Waals surface area contributed by atoms with Gasteiger partial charge in [-0.15, -0.1) is 0 Å². The number of benzene rings is 2. The first-order valence-corrected chi connectivity index (χ1v) is 10.9. The molecule has 1 aliphatic heterocycles. The number of hydrogen-bond donors (Lipinski definition) is 1. The van der Waals surface area contributed by atoms with Gasteiger partial charge in [-0.05, 0) is 36.2 Å². The minimum absolute atomic E-state index is 0.187. The molecule has 1 fully saturated rings. The number of hydrogen-bond acceptors (Lipinski definition) is 4. The molecule has 0 atom stereocenters. The fourth-order valence-corrected chi connectivity index (χ4v) is 5.37. The summed E-state index contributed by atoms with van der Waals surface area (Å²) in [5.41, 5.74) is 4.05. The van der Waals surface area contributed by atoms with E-state index in [0.717, 1.165) is 16.8 Å². The second-order valence-electron chi connectivity index (χ2n) is 6.97. The molecule has 1 aliphatic rings. The van der Waals surface area contributed by atoms with Gasteiger partial charge in [-0.2, -0.15) is 0 Å². The van der Waals surface area contributed by atoms with E-state index >= 15 is 0 Å². The van der Waals surface area contributed by atoms with Gasteiger partial charge in [-0.3, -0.25) is 9.10 Å². The molecule has 7 nitrogen and oxygen atoms in total. The molecule has 29 heavy (non-hydrogen) atoms. The van der Waals surface area contributed by atoms with E-state index in [1.807, 2.05) is 53.2 Å². The zero-order valence-electron chi connectivity index (χ0n) is 15.4. The molecule has 146 valence electrons. The summed E-state index contributed by atoms with van der Waals surface area (Å²) in [4.78, 5) is 19.6. The number of nitrogens with zero attached hydrogens (tertiary/aromatic N) is 3. The zero-order chi connectivity index (χ0) is 20.0. The average molecular weight is 406 g/mol. The molecule has 0 radical (unpaired) electrons. The molecule has 0 amide bonds. The van der Waals surface area contributed by atoms with E-state index in [1.165, 1.54) is 10.6 Å². The summed E-state index contributed by atoms with van der Waals surface area (Å²) >= 11 is 0. The Morgan fingerprint density at radius 3 is 2.41 bits per heavy atom. The Morgan fingerprint density at radius 1 is 0.966 bits per heavy atom. The summed E-state index contributed by atoms with van der Waals surface area (Å²) in [6.07, 6.45) is 3.93. The number of aromatic nitrogens is 3. The number of nitrogens with one attached hydrogen (secondary N) is 1. The summed E-state index contributed by atoms with van der Waals surface area (Å²) in [6.45, 7) is 0.506. The van der Waals surface area contributed by atoms with Gasteiger partial charge < -0.3 is 9.55 Å². The van der Waals surface area contributed by atoms with Gasteiger partial charge in [-0.1, -0.05) is 30.3 Å². The Balaban J connectivity index is 1.65. The highest BCUT2D eigenvalue weighted by Crippen LogP contribution is 2.32. The molecule has 5 rings (SSSR count). The summed E-state index contributed by atoms with van der Waals surface area (Å²) in [5, 5.41) is 0. The number of para-hydroxylation sites is 1. The highest BCUT2D eigenvalue weighted by atomic mass is 32.2. The third kappa shape index (κ3) is 2.92. The van der Waals surface area contributed by atoms with E-state index < -0.39 is 10.0 Å². The van der Waals surface area contributed by atoms with Gasteiger partial charge in [0.05, 0.1) is 17.8 Å². The topological polar surface area (TPSA) is 88.1 Å². The average Bonchev–Trinajstić information content (AvgIpc) is 3.30. The van der Waals surface area contributed by atoms with E-state index in [4.69, 9.17) is 0 Å². The smallest absolute Gasteiger partial charge is 0.275 e. The van der Waals surface area contributed by atoms with Crippen LogP contribution in [0.2, 0.25) is 0 Å². The Kier molecular flexibility index (Phi) is 4.02. The van der Waals surface area contributed by atoms with Gasteiger partial charge in [0.1, 0.15) is 11.0 Å². The predicted octanol–water partition coefficient (Wildman–Crippen LogP) is 2.92. The molecular formula is C21H18N4O3S. The highest BCUT2D eigenvalue weighted by Gasteiger charge is 2.28.